The Labute approximate surface area is 170 Å². The second kappa shape index (κ2) is 6.87. The van der Waals surface area contributed by atoms with Crippen molar-refractivity contribution in [2.24, 2.45) is 16.8 Å². The highest BCUT2D eigenvalue weighted by Gasteiger charge is 2.54. The number of carbonyl (C=O) groups is 1. The molecule has 28 heavy (non-hydrogen) atoms. The van der Waals surface area contributed by atoms with Gasteiger partial charge < -0.3 is 4.90 Å². The van der Waals surface area contributed by atoms with E-state index in [4.69, 9.17) is 0 Å². The molecule has 5 rings (SSSR count). The molecule has 0 aromatic heterocycles. The van der Waals surface area contributed by atoms with Crippen LogP contribution in [-0.4, -0.2) is 53.2 Å². The van der Waals surface area contributed by atoms with Crippen LogP contribution in [0.1, 0.15) is 36.8 Å². The summed E-state index contributed by atoms with van der Waals surface area (Å²) in [6, 6.07) is 8.32. The van der Waals surface area contributed by atoms with E-state index >= 15 is 0 Å². The summed E-state index contributed by atoms with van der Waals surface area (Å²) in [4.78, 5) is 19.5. The summed E-state index contributed by atoms with van der Waals surface area (Å²) in [5.41, 5.74) is 2.11. The molecule has 0 N–H and O–H groups in total. The van der Waals surface area contributed by atoms with Crippen LogP contribution < -0.4 is 0 Å². The molecule has 1 aromatic carbocycles. The lowest BCUT2D eigenvalue weighted by molar-refractivity contribution is -0.117. The van der Waals surface area contributed by atoms with Crippen LogP contribution in [0.2, 0.25) is 0 Å². The summed E-state index contributed by atoms with van der Waals surface area (Å²) in [5, 5.41) is 0.801. The van der Waals surface area contributed by atoms with E-state index in [1.54, 1.807) is 0 Å². The van der Waals surface area contributed by atoms with Crippen LogP contribution in [0.5, 0.6) is 0 Å². The maximum Gasteiger partial charge on any atom is 0.252 e. The molecule has 2 heterocycles. The van der Waals surface area contributed by atoms with Gasteiger partial charge in [0.25, 0.3) is 5.91 Å². The van der Waals surface area contributed by atoms with Gasteiger partial charge >= 0.3 is 0 Å². The van der Waals surface area contributed by atoms with Crippen LogP contribution in [0.15, 0.2) is 29.3 Å². The second-order valence-electron chi connectivity index (χ2n) is 8.90. The van der Waals surface area contributed by atoms with Gasteiger partial charge in [0.05, 0.1) is 24.0 Å². The normalized spacial score (nSPS) is 37.0. The van der Waals surface area contributed by atoms with Crippen LogP contribution in [0.4, 0.5) is 0 Å². The molecule has 0 radical (unpaired) electrons. The lowest BCUT2D eigenvalue weighted by Gasteiger charge is -2.36. The maximum absolute atomic E-state index is 12.7. The highest BCUT2D eigenvalue weighted by molar-refractivity contribution is 8.15. The summed E-state index contributed by atoms with van der Waals surface area (Å²) < 4.78 is 24.4. The van der Waals surface area contributed by atoms with Crippen LogP contribution in [0.25, 0.3) is 0 Å². The van der Waals surface area contributed by atoms with Gasteiger partial charge in [-0.25, -0.2) is 8.42 Å². The van der Waals surface area contributed by atoms with Gasteiger partial charge in [-0.2, -0.15) is 4.99 Å². The highest BCUT2D eigenvalue weighted by atomic mass is 32.2. The molecule has 5 atom stereocenters. The van der Waals surface area contributed by atoms with E-state index in [9.17, 15) is 13.2 Å². The third-order valence-electron chi connectivity index (χ3n) is 6.82. The fraction of sp³-hybridized carbons (Fsp3) is 0.619. The van der Waals surface area contributed by atoms with Crippen molar-refractivity contribution >= 4 is 32.7 Å². The SMILES string of the molecule is Cc1cccc(CC(=O)N=C2S[C@@H]3CS(=O)(=O)C[C@@H]3N2[C@H]2C[C@H]3CC[C@H]2C3)c1. The molecule has 5 nitrogen and oxygen atoms in total. The Bertz CT molecular complexity index is 943. The Balaban J connectivity index is 1.41. The molecule has 4 aliphatic rings. The Morgan fingerprint density at radius 3 is 2.79 bits per heavy atom. The molecule has 1 aromatic rings. The number of aliphatic imine (C=N–C) groups is 1. The molecule has 4 fully saturated rings. The first-order chi connectivity index (χ1) is 13.4. The fourth-order valence-corrected chi connectivity index (χ4v) is 9.66. The molecule has 1 amide bonds. The van der Waals surface area contributed by atoms with E-state index in [2.05, 4.69) is 9.89 Å². The number of nitrogens with zero attached hydrogens (tertiary/aromatic N) is 2. The fourth-order valence-electron chi connectivity index (χ4n) is 5.67. The van der Waals surface area contributed by atoms with Crippen LogP contribution in [0, 0.1) is 18.8 Å². The predicted molar refractivity (Wildman–Crippen MR) is 112 cm³/mol. The van der Waals surface area contributed by atoms with Crippen molar-refractivity contribution in [1.29, 1.82) is 0 Å². The van der Waals surface area contributed by atoms with Crippen molar-refractivity contribution in [2.75, 3.05) is 11.5 Å². The lowest BCUT2D eigenvalue weighted by atomic mass is 9.93. The predicted octanol–water partition coefficient (Wildman–Crippen LogP) is 2.82. The highest BCUT2D eigenvalue weighted by Crippen LogP contribution is 2.51. The zero-order chi connectivity index (χ0) is 19.5. The number of amidine groups is 1. The van der Waals surface area contributed by atoms with Crippen molar-refractivity contribution in [2.45, 2.75) is 56.4 Å². The number of sulfone groups is 1. The largest absolute Gasteiger partial charge is 0.343 e. The molecule has 0 unspecified atom stereocenters. The van der Waals surface area contributed by atoms with Crippen LogP contribution in [-0.2, 0) is 21.1 Å². The maximum atomic E-state index is 12.7. The van der Waals surface area contributed by atoms with Gasteiger partial charge in [0.1, 0.15) is 0 Å². The minimum atomic E-state index is -2.99. The summed E-state index contributed by atoms with van der Waals surface area (Å²) in [7, 11) is -2.99. The van der Waals surface area contributed by atoms with Gasteiger partial charge in [0.2, 0.25) is 0 Å². The van der Waals surface area contributed by atoms with E-state index in [0.29, 0.717) is 18.4 Å². The number of rotatable bonds is 3. The molecule has 7 heteroatoms. The lowest BCUT2D eigenvalue weighted by Crippen LogP contribution is -2.47. The van der Waals surface area contributed by atoms with E-state index < -0.39 is 9.84 Å². The molecular weight excluding hydrogens is 392 g/mol. The number of amides is 1. The summed E-state index contributed by atoms with van der Waals surface area (Å²) in [6.45, 7) is 2.02. The summed E-state index contributed by atoms with van der Waals surface area (Å²) in [5.74, 6) is 1.68. The molecule has 2 bridgehead atoms. The zero-order valence-corrected chi connectivity index (χ0v) is 17.7. The number of aryl methyl sites for hydroxylation is 1. The molecule has 2 aliphatic carbocycles. The Kier molecular flexibility index (Phi) is 4.58. The average Bonchev–Trinajstić information content (AvgIpc) is 3.34. The molecule has 2 saturated heterocycles. The molecule has 0 spiro atoms. The smallest absolute Gasteiger partial charge is 0.252 e. The van der Waals surface area contributed by atoms with E-state index in [0.717, 1.165) is 28.6 Å². The first kappa shape index (κ1) is 18.7. The van der Waals surface area contributed by atoms with Crippen molar-refractivity contribution < 1.29 is 13.2 Å². The molecule has 150 valence electrons. The molecule has 2 aliphatic heterocycles. The topological polar surface area (TPSA) is 66.8 Å². The molecular formula is C21H26N2O3S2. The van der Waals surface area contributed by atoms with Gasteiger partial charge in [-0.15, -0.1) is 0 Å². The zero-order valence-electron chi connectivity index (χ0n) is 16.1. The van der Waals surface area contributed by atoms with E-state index in [-0.39, 0.29) is 28.7 Å². The Morgan fingerprint density at radius 1 is 1.21 bits per heavy atom. The third kappa shape index (κ3) is 3.41. The minimum absolute atomic E-state index is 0.00938. The monoisotopic (exact) mass is 418 g/mol. The number of carbonyl (C=O) groups excluding carboxylic acids is 1. The van der Waals surface area contributed by atoms with Crippen LogP contribution >= 0.6 is 11.8 Å². The quantitative estimate of drug-likeness (QED) is 0.755. The van der Waals surface area contributed by atoms with Gasteiger partial charge in [0, 0.05) is 11.3 Å². The Morgan fingerprint density at radius 2 is 2.07 bits per heavy atom. The van der Waals surface area contributed by atoms with Gasteiger partial charge in [0.15, 0.2) is 15.0 Å². The van der Waals surface area contributed by atoms with Crippen molar-refractivity contribution in [3.63, 3.8) is 0 Å². The summed E-state index contributed by atoms with van der Waals surface area (Å²) >= 11 is 1.52. The summed E-state index contributed by atoms with van der Waals surface area (Å²) in [6.07, 6.45) is 5.20. The van der Waals surface area contributed by atoms with E-state index in [1.807, 2.05) is 31.2 Å². The van der Waals surface area contributed by atoms with Crippen LogP contribution in [0.3, 0.4) is 0 Å². The number of benzene rings is 1. The van der Waals surface area contributed by atoms with E-state index in [1.165, 1.54) is 31.0 Å². The number of thioether (sulfide) groups is 1. The van der Waals surface area contributed by atoms with Crippen molar-refractivity contribution in [1.82, 2.24) is 4.90 Å². The van der Waals surface area contributed by atoms with Gasteiger partial charge in [-0.1, -0.05) is 48.0 Å². The van der Waals surface area contributed by atoms with Crippen molar-refractivity contribution in [3.8, 4) is 0 Å². The Hall–Kier alpha value is -1.34. The van der Waals surface area contributed by atoms with Gasteiger partial charge in [-0.05, 0) is 43.6 Å². The van der Waals surface area contributed by atoms with Crippen molar-refractivity contribution in [3.05, 3.63) is 35.4 Å². The molecule has 2 saturated carbocycles. The average molecular weight is 419 g/mol. The first-order valence-electron chi connectivity index (χ1n) is 10.2. The number of hydrogen-bond acceptors (Lipinski definition) is 4. The minimum Gasteiger partial charge on any atom is -0.343 e. The van der Waals surface area contributed by atoms with Gasteiger partial charge in [-0.3, -0.25) is 4.79 Å². The number of fused-ring (bicyclic) bond motifs is 3. The second-order valence-corrected chi connectivity index (χ2v) is 12.3. The first-order valence-corrected chi connectivity index (χ1v) is 12.9. The number of hydrogen-bond donors (Lipinski definition) is 0. The standard InChI is InChI=1S/C21H26N2O3S2/c1-13-3-2-4-14(7-13)10-20(24)22-21-23(17-9-15-5-6-16(17)8-15)18-11-28(25,26)12-19(18)27-21/h2-4,7,15-19H,5-6,8-12H2,1H3/t15-,16-,17-,18-,19+/m0/s1. The third-order valence-corrected chi connectivity index (χ3v) is 10.0.